The lowest BCUT2D eigenvalue weighted by molar-refractivity contribution is -0.116. The Morgan fingerprint density at radius 2 is 1.80 bits per heavy atom. The fraction of sp³-hybridized carbons (Fsp3) is 0.250. The van der Waals surface area contributed by atoms with Crippen molar-refractivity contribution in [3.63, 3.8) is 0 Å². The van der Waals surface area contributed by atoms with Gasteiger partial charge in [-0.15, -0.1) is 24.0 Å². The van der Waals surface area contributed by atoms with Crippen molar-refractivity contribution in [2.45, 2.75) is 18.8 Å². The van der Waals surface area contributed by atoms with Gasteiger partial charge in [0.2, 0.25) is 5.91 Å². The maximum absolute atomic E-state index is 12.0. The smallest absolute Gasteiger partial charge is 0.225 e. The number of hydrogen-bond donors (Lipinski definition) is 3. The average molecular weight is 514 g/mol. The van der Waals surface area contributed by atoms with Gasteiger partial charge in [-0.3, -0.25) is 9.79 Å². The monoisotopic (exact) mass is 514 g/mol. The van der Waals surface area contributed by atoms with Gasteiger partial charge in [-0.05, 0) is 34.4 Å². The predicted molar refractivity (Wildman–Crippen MR) is 135 cm³/mol. The Labute approximate surface area is 194 Å². The number of nitrogens with zero attached hydrogens (tertiary/aromatic N) is 1. The summed E-state index contributed by atoms with van der Waals surface area (Å²) in [5, 5.41) is 12.2. The molecule has 3 aromatic carbocycles. The molecule has 0 aromatic heterocycles. The van der Waals surface area contributed by atoms with Crippen molar-refractivity contribution in [2.24, 2.45) is 4.99 Å². The van der Waals surface area contributed by atoms with Crippen molar-refractivity contribution < 1.29 is 4.79 Å². The summed E-state index contributed by atoms with van der Waals surface area (Å²) in [5.41, 5.74) is 3.38. The van der Waals surface area contributed by atoms with E-state index in [0.29, 0.717) is 13.0 Å². The third kappa shape index (κ3) is 5.30. The predicted octanol–water partition coefficient (Wildman–Crippen LogP) is 4.29. The van der Waals surface area contributed by atoms with Crippen LogP contribution in [0.15, 0.2) is 71.7 Å². The number of nitrogens with one attached hydrogen (secondary N) is 3. The van der Waals surface area contributed by atoms with E-state index in [1.54, 1.807) is 7.05 Å². The number of benzene rings is 3. The molecule has 0 radical (unpaired) electrons. The van der Waals surface area contributed by atoms with Gasteiger partial charge < -0.3 is 16.0 Å². The minimum atomic E-state index is 0. The minimum absolute atomic E-state index is 0. The number of hydrogen-bond acceptors (Lipinski definition) is 2. The zero-order valence-electron chi connectivity index (χ0n) is 17.0. The van der Waals surface area contributed by atoms with Crippen LogP contribution < -0.4 is 16.0 Å². The molecular formula is C24H27IN4O. The Balaban J connectivity index is 0.00000256. The lowest BCUT2D eigenvalue weighted by Gasteiger charge is -2.26. The van der Waals surface area contributed by atoms with E-state index < -0.39 is 0 Å². The Hall–Kier alpha value is -2.61. The summed E-state index contributed by atoms with van der Waals surface area (Å²) in [6.07, 6.45) is 1.40. The fourth-order valence-corrected chi connectivity index (χ4v) is 3.84. The normalized spacial score (nSPS) is 15.7. The highest BCUT2D eigenvalue weighted by Gasteiger charge is 2.24. The molecule has 0 saturated carbocycles. The van der Waals surface area contributed by atoms with E-state index in [1.807, 2.05) is 18.2 Å². The van der Waals surface area contributed by atoms with Gasteiger partial charge in [-0.2, -0.15) is 0 Å². The first kappa shape index (κ1) is 22.1. The number of fused-ring (bicyclic) bond motifs is 2. The van der Waals surface area contributed by atoms with Crippen molar-refractivity contribution >= 4 is 52.3 Å². The number of carbonyl (C=O) groups excluding carboxylic acids is 1. The molecule has 1 atom stereocenters. The molecule has 6 heteroatoms. The highest BCUT2D eigenvalue weighted by atomic mass is 127. The molecule has 1 aliphatic rings. The van der Waals surface area contributed by atoms with Crippen LogP contribution in [0.2, 0.25) is 0 Å². The molecule has 4 rings (SSSR count). The van der Waals surface area contributed by atoms with E-state index in [1.165, 1.54) is 21.9 Å². The summed E-state index contributed by atoms with van der Waals surface area (Å²) >= 11 is 0. The number of anilines is 1. The number of guanidine groups is 1. The van der Waals surface area contributed by atoms with Crippen LogP contribution in [0, 0.1) is 0 Å². The SMILES string of the molecule is CN=C(NCCc1ccc2ccccc2c1)NCC1CC(=O)Nc2ccccc21.I. The Bertz CT molecular complexity index is 1050. The van der Waals surface area contributed by atoms with Crippen LogP contribution in [0.5, 0.6) is 0 Å². The number of carbonyl (C=O) groups is 1. The third-order valence-corrected chi connectivity index (χ3v) is 5.37. The molecule has 3 N–H and O–H groups in total. The highest BCUT2D eigenvalue weighted by Crippen LogP contribution is 2.31. The third-order valence-electron chi connectivity index (χ3n) is 5.37. The summed E-state index contributed by atoms with van der Waals surface area (Å²) < 4.78 is 0. The van der Waals surface area contributed by atoms with Crippen LogP contribution in [-0.4, -0.2) is 32.0 Å². The Morgan fingerprint density at radius 1 is 1.03 bits per heavy atom. The van der Waals surface area contributed by atoms with Gasteiger partial charge in [0.1, 0.15) is 0 Å². The van der Waals surface area contributed by atoms with Gasteiger partial charge in [0, 0.05) is 38.2 Å². The van der Waals surface area contributed by atoms with Crippen LogP contribution in [0.4, 0.5) is 5.69 Å². The van der Waals surface area contributed by atoms with E-state index >= 15 is 0 Å². The van der Waals surface area contributed by atoms with Gasteiger partial charge >= 0.3 is 0 Å². The van der Waals surface area contributed by atoms with Crippen molar-refractivity contribution in [3.8, 4) is 0 Å². The van der Waals surface area contributed by atoms with Gasteiger partial charge in [0.15, 0.2) is 5.96 Å². The van der Waals surface area contributed by atoms with Gasteiger partial charge in [0.05, 0.1) is 0 Å². The van der Waals surface area contributed by atoms with Crippen molar-refractivity contribution in [1.82, 2.24) is 10.6 Å². The van der Waals surface area contributed by atoms with Crippen LogP contribution >= 0.6 is 24.0 Å². The summed E-state index contributed by atoms with van der Waals surface area (Å²) in [6.45, 7) is 1.46. The molecule has 156 valence electrons. The lowest BCUT2D eigenvalue weighted by Crippen LogP contribution is -2.41. The largest absolute Gasteiger partial charge is 0.356 e. The molecule has 0 bridgehead atoms. The fourth-order valence-electron chi connectivity index (χ4n) is 3.84. The molecule has 30 heavy (non-hydrogen) atoms. The van der Waals surface area contributed by atoms with E-state index in [4.69, 9.17) is 0 Å². The van der Waals surface area contributed by atoms with E-state index in [2.05, 4.69) is 69.5 Å². The first-order chi connectivity index (χ1) is 14.2. The van der Waals surface area contributed by atoms with Gasteiger partial charge in [-0.1, -0.05) is 60.7 Å². The summed E-state index contributed by atoms with van der Waals surface area (Å²) in [4.78, 5) is 16.3. The summed E-state index contributed by atoms with van der Waals surface area (Å²) in [5.74, 6) is 0.961. The molecule has 5 nitrogen and oxygen atoms in total. The quantitative estimate of drug-likeness (QED) is 0.271. The molecule has 0 aliphatic carbocycles. The maximum Gasteiger partial charge on any atom is 0.225 e. The average Bonchev–Trinajstić information content (AvgIpc) is 2.75. The molecular weight excluding hydrogens is 487 g/mol. The molecule has 0 spiro atoms. The van der Waals surface area contributed by atoms with Crippen LogP contribution in [0.1, 0.15) is 23.5 Å². The van der Waals surface area contributed by atoms with Crippen LogP contribution in [0.25, 0.3) is 10.8 Å². The van der Waals surface area contributed by atoms with Crippen molar-refractivity contribution in [3.05, 3.63) is 77.9 Å². The van der Waals surface area contributed by atoms with Crippen molar-refractivity contribution in [2.75, 3.05) is 25.5 Å². The zero-order valence-corrected chi connectivity index (χ0v) is 19.4. The lowest BCUT2D eigenvalue weighted by atomic mass is 9.90. The first-order valence-electron chi connectivity index (χ1n) is 10.0. The van der Waals surface area contributed by atoms with Gasteiger partial charge in [0.25, 0.3) is 0 Å². The Kier molecular flexibility index (Phi) is 7.68. The second-order valence-corrected chi connectivity index (χ2v) is 7.35. The molecule has 1 amide bonds. The number of aliphatic imine (C=N–C) groups is 1. The standard InChI is InChI=1S/C24H26N4O.HI/c1-25-24(26-13-12-17-10-11-18-6-2-3-7-19(18)14-17)27-16-20-15-23(29)28-22-9-5-4-8-21(20)22;/h2-11,14,20H,12-13,15-16H2,1H3,(H,28,29)(H2,25,26,27);1H. The van der Waals surface area contributed by atoms with Crippen LogP contribution in [-0.2, 0) is 11.2 Å². The van der Waals surface area contributed by atoms with Crippen LogP contribution in [0.3, 0.4) is 0 Å². The number of rotatable bonds is 5. The molecule has 3 aromatic rings. The number of amides is 1. The minimum Gasteiger partial charge on any atom is -0.356 e. The summed E-state index contributed by atoms with van der Waals surface area (Å²) in [7, 11) is 1.77. The Morgan fingerprint density at radius 3 is 2.63 bits per heavy atom. The van der Waals surface area contributed by atoms with E-state index in [-0.39, 0.29) is 35.8 Å². The van der Waals surface area contributed by atoms with Crippen molar-refractivity contribution in [1.29, 1.82) is 0 Å². The molecule has 1 aliphatic heterocycles. The highest BCUT2D eigenvalue weighted by molar-refractivity contribution is 14.0. The number of para-hydroxylation sites is 1. The molecule has 1 unspecified atom stereocenters. The van der Waals surface area contributed by atoms with E-state index in [9.17, 15) is 4.79 Å². The zero-order chi connectivity index (χ0) is 20.1. The van der Waals surface area contributed by atoms with Gasteiger partial charge in [-0.25, -0.2) is 0 Å². The first-order valence-corrected chi connectivity index (χ1v) is 10.0. The van der Waals surface area contributed by atoms with E-state index in [0.717, 1.165) is 24.6 Å². The maximum atomic E-state index is 12.0. The number of halogens is 1. The molecule has 1 heterocycles. The molecule has 0 saturated heterocycles. The topological polar surface area (TPSA) is 65.5 Å². The summed E-state index contributed by atoms with van der Waals surface area (Å²) in [6, 6.07) is 23.0. The second-order valence-electron chi connectivity index (χ2n) is 7.35. The second kappa shape index (κ2) is 10.4. The molecule has 0 fully saturated rings.